The molecule has 21 heavy (non-hydrogen) atoms. The van der Waals surface area contributed by atoms with Crippen molar-refractivity contribution in [3.05, 3.63) is 45.9 Å². The molecule has 2 atom stereocenters. The summed E-state index contributed by atoms with van der Waals surface area (Å²) in [5, 5.41) is 9.22. The zero-order chi connectivity index (χ0) is 15.4. The standard InChI is InChI=1S/C15H20N4OS/c1-9-8-21-14(17-9)11(3)18-10(2)12-4-6-13(7-5-12)19-15(16)20/h4-8,10-11,18H,1-3H3,(H3,16,19,20). The Bertz CT molecular complexity index is 608. The molecule has 0 aliphatic rings. The highest BCUT2D eigenvalue weighted by Crippen LogP contribution is 2.22. The minimum atomic E-state index is -0.554. The normalized spacial score (nSPS) is 13.7. The van der Waals surface area contributed by atoms with Crippen LogP contribution in [0.5, 0.6) is 0 Å². The Labute approximate surface area is 128 Å². The smallest absolute Gasteiger partial charge is 0.316 e. The van der Waals surface area contributed by atoms with Crippen molar-refractivity contribution in [3.63, 3.8) is 0 Å². The van der Waals surface area contributed by atoms with E-state index in [2.05, 4.69) is 34.8 Å². The molecule has 2 amide bonds. The first kappa shape index (κ1) is 15.5. The average molecular weight is 304 g/mol. The van der Waals surface area contributed by atoms with Crippen molar-refractivity contribution in [2.75, 3.05) is 5.32 Å². The number of nitrogens with two attached hydrogens (primary N) is 1. The van der Waals surface area contributed by atoms with Crippen LogP contribution in [0.15, 0.2) is 29.6 Å². The molecule has 6 heteroatoms. The van der Waals surface area contributed by atoms with Gasteiger partial charge in [-0.3, -0.25) is 0 Å². The van der Waals surface area contributed by atoms with Crippen molar-refractivity contribution >= 4 is 23.1 Å². The average Bonchev–Trinajstić information content (AvgIpc) is 2.85. The van der Waals surface area contributed by atoms with E-state index in [1.54, 1.807) is 11.3 Å². The van der Waals surface area contributed by atoms with E-state index in [0.29, 0.717) is 5.69 Å². The van der Waals surface area contributed by atoms with Crippen LogP contribution < -0.4 is 16.4 Å². The van der Waals surface area contributed by atoms with Gasteiger partial charge < -0.3 is 16.4 Å². The van der Waals surface area contributed by atoms with Crippen LogP contribution in [0.1, 0.15) is 42.2 Å². The SMILES string of the molecule is Cc1csc(C(C)NC(C)c2ccc(NC(N)=O)cc2)n1. The minimum Gasteiger partial charge on any atom is -0.351 e. The Hall–Kier alpha value is -1.92. The predicted octanol–water partition coefficient (Wildman–Crippen LogP) is 3.35. The number of carbonyl (C=O) groups is 1. The number of benzene rings is 1. The van der Waals surface area contributed by atoms with E-state index in [1.807, 2.05) is 31.2 Å². The van der Waals surface area contributed by atoms with Crippen LogP contribution in [-0.2, 0) is 0 Å². The molecule has 1 aromatic carbocycles. The van der Waals surface area contributed by atoms with E-state index in [0.717, 1.165) is 16.3 Å². The first-order chi connectivity index (χ1) is 9.95. The summed E-state index contributed by atoms with van der Waals surface area (Å²) in [6.45, 7) is 6.21. The third-order valence-corrected chi connectivity index (χ3v) is 4.33. The number of urea groups is 1. The Morgan fingerprint density at radius 3 is 2.43 bits per heavy atom. The van der Waals surface area contributed by atoms with Gasteiger partial charge in [0.1, 0.15) is 5.01 Å². The van der Waals surface area contributed by atoms with Gasteiger partial charge >= 0.3 is 6.03 Å². The molecule has 0 saturated carbocycles. The fourth-order valence-corrected chi connectivity index (χ4v) is 2.92. The number of aryl methyl sites for hydroxylation is 1. The van der Waals surface area contributed by atoms with E-state index in [9.17, 15) is 4.79 Å². The lowest BCUT2D eigenvalue weighted by Crippen LogP contribution is -2.22. The summed E-state index contributed by atoms with van der Waals surface area (Å²) >= 11 is 1.67. The largest absolute Gasteiger partial charge is 0.351 e. The molecule has 0 bridgehead atoms. The lowest BCUT2D eigenvalue weighted by atomic mass is 10.1. The number of primary amides is 1. The minimum absolute atomic E-state index is 0.187. The molecule has 0 aliphatic heterocycles. The van der Waals surface area contributed by atoms with Gasteiger partial charge in [0.15, 0.2) is 0 Å². The molecule has 2 rings (SSSR count). The predicted molar refractivity (Wildman–Crippen MR) is 86.5 cm³/mol. The summed E-state index contributed by atoms with van der Waals surface area (Å²) in [6.07, 6.45) is 0. The molecule has 0 saturated heterocycles. The number of carbonyl (C=O) groups excluding carboxylic acids is 1. The van der Waals surface area contributed by atoms with Gasteiger partial charge in [-0.05, 0) is 38.5 Å². The molecule has 0 fully saturated rings. The van der Waals surface area contributed by atoms with Gasteiger partial charge in [0.25, 0.3) is 0 Å². The highest BCUT2D eigenvalue weighted by atomic mass is 32.1. The Morgan fingerprint density at radius 2 is 1.90 bits per heavy atom. The lowest BCUT2D eigenvalue weighted by molar-refractivity contribution is 0.259. The molecule has 0 aliphatic carbocycles. The Morgan fingerprint density at radius 1 is 1.24 bits per heavy atom. The quantitative estimate of drug-likeness (QED) is 0.792. The Kier molecular flexibility index (Phi) is 4.93. The molecule has 112 valence electrons. The number of anilines is 1. The van der Waals surface area contributed by atoms with Crippen LogP contribution in [0.4, 0.5) is 10.5 Å². The molecular weight excluding hydrogens is 284 g/mol. The summed E-state index contributed by atoms with van der Waals surface area (Å²) < 4.78 is 0. The van der Waals surface area contributed by atoms with Gasteiger partial charge in [-0.1, -0.05) is 12.1 Å². The van der Waals surface area contributed by atoms with Gasteiger partial charge in [-0.2, -0.15) is 0 Å². The van der Waals surface area contributed by atoms with E-state index in [1.165, 1.54) is 0 Å². The van der Waals surface area contributed by atoms with E-state index in [-0.39, 0.29) is 12.1 Å². The van der Waals surface area contributed by atoms with E-state index >= 15 is 0 Å². The monoisotopic (exact) mass is 304 g/mol. The molecule has 1 aromatic heterocycles. The zero-order valence-electron chi connectivity index (χ0n) is 12.4. The van der Waals surface area contributed by atoms with Crippen LogP contribution in [-0.4, -0.2) is 11.0 Å². The second kappa shape index (κ2) is 6.69. The summed E-state index contributed by atoms with van der Waals surface area (Å²) in [5.41, 5.74) is 7.98. The maximum absolute atomic E-state index is 10.8. The van der Waals surface area contributed by atoms with Crippen LogP contribution in [0.3, 0.4) is 0 Å². The third-order valence-electron chi connectivity index (χ3n) is 3.19. The van der Waals surface area contributed by atoms with Crippen molar-refractivity contribution in [1.82, 2.24) is 10.3 Å². The summed E-state index contributed by atoms with van der Waals surface area (Å²) in [7, 11) is 0. The zero-order valence-corrected chi connectivity index (χ0v) is 13.2. The Balaban J connectivity index is 1.99. The topological polar surface area (TPSA) is 80.0 Å². The lowest BCUT2D eigenvalue weighted by Gasteiger charge is -2.19. The number of aromatic nitrogens is 1. The fraction of sp³-hybridized carbons (Fsp3) is 0.333. The van der Waals surface area contributed by atoms with E-state index < -0.39 is 6.03 Å². The van der Waals surface area contributed by atoms with Gasteiger partial charge in [0.05, 0.1) is 6.04 Å². The number of thiazole rings is 1. The van der Waals surface area contributed by atoms with Crippen molar-refractivity contribution in [1.29, 1.82) is 0 Å². The van der Waals surface area contributed by atoms with Crippen molar-refractivity contribution in [2.24, 2.45) is 5.73 Å². The van der Waals surface area contributed by atoms with Gasteiger partial charge in [0, 0.05) is 22.8 Å². The maximum Gasteiger partial charge on any atom is 0.316 e. The molecule has 0 radical (unpaired) electrons. The van der Waals surface area contributed by atoms with Crippen molar-refractivity contribution < 1.29 is 4.79 Å². The molecule has 2 unspecified atom stereocenters. The third kappa shape index (κ3) is 4.27. The van der Waals surface area contributed by atoms with Crippen molar-refractivity contribution in [2.45, 2.75) is 32.9 Å². The summed E-state index contributed by atoms with van der Waals surface area (Å²) in [5.74, 6) is 0. The number of nitrogens with zero attached hydrogens (tertiary/aromatic N) is 1. The van der Waals surface area contributed by atoms with Crippen molar-refractivity contribution in [3.8, 4) is 0 Å². The molecule has 5 nitrogen and oxygen atoms in total. The van der Waals surface area contributed by atoms with Crippen LogP contribution in [0.2, 0.25) is 0 Å². The fourth-order valence-electron chi connectivity index (χ4n) is 2.11. The van der Waals surface area contributed by atoms with Gasteiger partial charge in [0.2, 0.25) is 0 Å². The molecule has 0 spiro atoms. The number of amides is 2. The highest BCUT2D eigenvalue weighted by Gasteiger charge is 2.13. The van der Waals surface area contributed by atoms with Crippen LogP contribution in [0, 0.1) is 6.92 Å². The molecule has 2 aromatic rings. The summed E-state index contributed by atoms with van der Waals surface area (Å²) in [6, 6.07) is 7.47. The summed E-state index contributed by atoms with van der Waals surface area (Å²) in [4.78, 5) is 15.3. The second-order valence-corrected chi connectivity index (χ2v) is 5.94. The molecule has 1 heterocycles. The number of hydrogen-bond acceptors (Lipinski definition) is 4. The van der Waals surface area contributed by atoms with E-state index in [4.69, 9.17) is 5.73 Å². The van der Waals surface area contributed by atoms with Gasteiger partial charge in [-0.25, -0.2) is 9.78 Å². The number of rotatable bonds is 5. The first-order valence-electron chi connectivity index (χ1n) is 6.80. The number of nitrogens with one attached hydrogen (secondary N) is 2. The molecule has 4 N–H and O–H groups in total. The van der Waals surface area contributed by atoms with Gasteiger partial charge in [-0.15, -0.1) is 11.3 Å². The maximum atomic E-state index is 10.8. The van der Waals surface area contributed by atoms with Crippen LogP contribution in [0.25, 0.3) is 0 Å². The number of hydrogen-bond donors (Lipinski definition) is 3. The second-order valence-electron chi connectivity index (χ2n) is 5.05. The first-order valence-corrected chi connectivity index (χ1v) is 7.68. The van der Waals surface area contributed by atoms with Crippen LogP contribution >= 0.6 is 11.3 Å². The highest BCUT2D eigenvalue weighted by molar-refractivity contribution is 7.09. The molecular formula is C15H20N4OS.